The Bertz CT molecular complexity index is 982. The van der Waals surface area contributed by atoms with E-state index in [1.54, 1.807) is 6.07 Å². The van der Waals surface area contributed by atoms with E-state index >= 15 is 0 Å². The second-order valence-corrected chi connectivity index (χ2v) is 8.35. The molecule has 8 nitrogen and oxygen atoms in total. The van der Waals surface area contributed by atoms with Crippen LogP contribution in [0.25, 0.3) is 0 Å². The number of nitrogens with zero attached hydrogens (tertiary/aromatic N) is 2. The number of rotatable bonds is 8. The maximum absolute atomic E-state index is 12.6. The molecule has 3 amide bonds. The van der Waals surface area contributed by atoms with Gasteiger partial charge in [0.15, 0.2) is 0 Å². The van der Waals surface area contributed by atoms with Crippen LogP contribution in [0.5, 0.6) is 5.75 Å². The predicted octanol–water partition coefficient (Wildman–Crippen LogP) is 1.75. The maximum Gasteiger partial charge on any atom is 0.243 e. The summed E-state index contributed by atoms with van der Waals surface area (Å²) < 4.78 is 5.25. The lowest BCUT2D eigenvalue weighted by Crippen LogP contribution is -2.51. The Morgan fingerprint density at radius 2 is 1.58 bits per heavy atom. The van der Waals surface area contributed by atoms with Crippen molar-refractivity contribution in [2.24, 2.45) is 0 Å². The van der Waals surface area contributed by atoms with Crippen LogP contribution in [0.15, 0.2) is 42.5 Å². The lowest BCUT2D eigenvalue weighted by Gasteiger charge is -2.34. The fraction of sp³-hybridized carbons (Fsp3) is 0.400. The first-order chi connectivity index (χ1) is 15.8. The number of aryl methyl sites for hydroxylation is 2. The summed E-state index contributed by atoms with van der Waals surface area (Å²) in [6.07, 6.45) is 0.390. The molecule has 0 aromatic heterocycles. The fourth-order valence-electron chi connectivity index (χ4n) is 3.70. The number of piperazine rings is 1. The van der Waals surface area contributed by atoms with Crippen molar-refractivity contribution in [1.82, 2.24) is 15.1 Å². The van der Waals surface area contributed by atoms with Crippen molar-refractivity contribution in [3.05, 3.63) is 59.2 Å². The van der Waals surface area contributed by atoms with Crippen LogP contribution < -0.4 is 15.4 Å². The average Bonchev–Trinajstić information content (AvgIpc) is 2.80. The smallest absolute Gasteiger partial charge is 0.243 e. The first-order valence-electron chi connectivity index (χ1n) is 11.1. The van der Waals surface area contributed by atoms with Gasteiger partial charge in [-0.1, -0.05) is 35.9 Å². The van der Waals surface area contributed by atoms with Crippen molar-refractivity contribution >= 4 is 23.4 Å². The van der Waals surface area contributed by atoms with Gasteiger partial charge in [-0.2, -0.15) is 0 Å². The van der Waals surface area contributed by atoms with Crippen molar-refractivity contribution < 1.29 is 19.1 Å². The van der Waals surface area contributed by atoms with Crippen LogP contribution in [0.3, 0.4) is 0 Å². The first kappa shape index (κ1) is 24.3. The Labute approximate surface area is 194 Å². The largest absolute Gasteiger partial charge is 0.495 e. The number of ether oxygens (including phenoxy) is 1. The standard InChI is InChI=1S/C25H32N4O4/c1-18-4-7-20(8-5-18)15-25(32)29-12-10-28(11-13-29)17-24(31)26-16-23(30)27-21-14-19(2)6-9-22(21)33-3/h4-9,14H,10-13,15-17H2,1-3H3,(H,26,31)(H,27,30). The number of methoxy groups -OCH3 is 1. The molecule has 3 rings (SSSR count). The third-order valence-electron chi connectivity index (χ3n) is 5.64. The van der Waals surface area contributed by atoms with Gasteiger partial charge in [-0.25, -0.2) is 0 Å². The van der Waals surface area contributed by atoms with E-state index in [0.29, 0.717) is 44.0 Å². The molecule has 2 N–H and O–H groups in total. The van der Waals surface area contributed by atoms with E-state index in [4.69, 9.17) is 4.74 Å². The minimum atomic E-state index is -0.321. The average molecular weight is 453 g/mol. The van der Waals surface area contributed by atoms with Crippen molar-refractivity contribution in [2.45, 2.75) is 20.3 Å². The summed E-state index contributed by atoms with van der Waals surface area (Å²) in [5, 5.41) is 5.43. The number of benzene rings is 2. The normalized spacial score (nSPS) is 14.0. The van der Waals surface area contributed by atoms with Gasteiger partial charge < -0.3 is 20.3 Å². The SMILES string of the molecule is COc1ccc(C)cc1NC(=O)CNC(=O)CN1CCN(C(=O)Cc2ccc(C)cc2)CC1. The molecule has 1 heterocycles. The van der Waals surface area contributed by atoms with Crippen molar-refractivity contribution in [3.63, 3.8) is 0 Å². The topological polar surface area (TPSA) is 91.0 Å². The molecule has 0 saturated carbocycles. The molecule has 1 fully saturated rings. The Kier molecular flexibility index (Phi) is 8.43. The van der Waals surface area contributed by atoms with Gasteiger partial charge in [0.2, 0.25) is 17.7 Å². The van der Waals surface area contributed by atoms with Crippen LogP contribution in [0.2, 0.25) is 0 Å². The lowest BCUT2D eigenvalue weighted by atomic mass is 10.1. The zero-order valence-electron chi connectivity index (χ0n) is 19.5. The lowest BCUT2D eigenvalue weighted by molar-refractivity contribution is -0.132. The highest BCUT2D eigenvalue weighted by Gasteiger charge is 2.22. The van der Waals surface area contributed by atoms with Crippen molar-refractivity contribution in [2.75, 3.05) is 51.7 Å². The molecule has 8 heteroatoms. The van der Waals surface area contributed by atoms with Crippen LogP contribution in [0.1, 0.15) is 16.7 Å². The van der Waals surface area contributed by atoms with Gasteiger partial charge in [0.1, 0.15) is 5.75 Å². The third kappa shape index (κ3) is 7.32. The number of anilines is 1. The van der Waals surface area contributed by atoms with Gasteiger partial charge in [0, 0.05) is 26.2 Å². The summed E-state index contributed by atoms with van der Waals surface area (Å²) in [5.41, 5.74) is 3.74. The summed E-state index contributed by atoms with van der Waals surface area (Å²) in [4.78, 5) is 40.9. The Hall–Kier alpha value is -3.39. The third-order valence-corrected chi connectivity index (χ3v) is 5.64. The highest BCUT2D eigenvalue weighted by molar-refractivity contribution is 5.96. The van der Waals surface area contributed by atoms with E-state index in [2.05, 4.69) is 10.6 Å². The zero-order chi connectivity index (χ0) is 23.8. The summed E-state index contributed by atoms with van der Waals surface area (Å²) in [6, 6.07) is 13.5. The highest BCUT2D eigenvalue weighted by Crippen LogP contribution is 2.24. The predicted molar refractivity (Wildman–Crippen MR) is 127 cm³/mol. The van der Waals surface area contributed by atoms with Gasteiger partial charge in [-0.3, -0.25) is 19.3 Å². The molecule has 2 aromatic rings. The second-order valence-electron chi connectivity index (χ2n) is 8.35. The van der Waals surface area contributed by atoms with E-state index in [0.717, 1.165) is 11.1 Å². The monoisotopic (exact) mass is 452 g/mol. The molecule has 0 bridgehead atoms. The number of amides is 3. The van der Waals surface area contributed by atoms with E-state index in [-0.39, 0.29) is 30.8 Å². The van der Waals surface area contributed by atoms with Crippen LogP contribution in [0, 0.1) is 13.8 Å². The molecular weight excluding hydrogens is 420 g/mol. The summed E-state index contributed by atoms with van der Waals surface area (Å²) in [5.74, 6) is 0.126. The second kappa shape index (κ2) is 11.5. The number of nitrogens with one attached hydrogen (secondary N) is 2. The van der Waals surface area contributed by atoms with Crippen molar-refractivity contribution in [3.8, 4) is 5.75 Å². The van der Waals surface area contributed by atoms with Gasteiger partial charge in [-0.15, -0.1) is 0 Å². The van der Waals surface area contributed by atoms with Crippen molar-refractivity contribution in [1.29, 1.82) is 0 Å². The van der Waals surface area contributed by atoms with E-state index in [1.165, 1.54) is 12.7 Å². The molecule has 1 aliphatic rings. The number of hydrogen-bond donors (Lipinski definition) is 2. The molecule has 1 aliphatic heterocycles. The minimum absolute atomic E-state index is 0.103. The van der Waals surface area contributed by atoms with Gasteiger partial charge in [-0.05, 0) is 37.1 Å². The van der Waals surface area contributed by atoms with E-state index in [9.17, 15) is 14.4 Å². The van der Waals surface area contributed by atoms with Crippen LogP contribution in [-0.4, -0.2) is 73.9 Å². The van der Waals surface area contributed by atoms with E-state index in [1.807, 2.05) is 60.0 Å². The summed E-state index contributed by atoms with van der Waals surface area (Å²) in [6.45, 7) is 6.45. The van der Waals surface area contributed by atoms with Crippen LogP contribution >= 0.6 is 0 Å². The Balaban J connectivity index is 1.37. The molecule has 2 aromatic carbocycles. The zero-order valence-corrected chi connectivity index (χ0v) is 19.5. The van der Waals surface area contributed by atoms with Gasteiger partial charge in [0.05, 0.1) is 32.3 Å². The first-order valence-corrected chi connectivity index (χ1v) is 11.1. The molecule has 176 valence electrons. The maximum atomic E-state index is 12.6. The van der Waals surface area contributed by atoms with Crippen LogP contribution in [-0.2, 0) is 20.8 Å². The minimum Gasteiger partial charge on any atom is -0.495 e. The molecule has 0 atom stereocenters. The summed E-state index contributed by atoms with van der Waals surface area (Å²) in [7, 11) is 1.54. The molecule has 0 unspecified atom stereocenters. The van der Waals surface area contributed by atoms with Crippen LogP contribution in [0.4, 0.5) is 5.69 Å². The number of carbonyl (C=O) groups is 3. The molecule has 0 aliphatic carbocycles. The molecule has 33 heavy (non-hydrogen) atoms. The van der Waals surface area contributed by atoms with E-state index < -0.39 is 0 Å². The fourth-order valence-corrected chi connectivity index (χ4v) is 3.70. The molecular formula is C25H32N4O4. The number of hydrogen-bond acceptors (Lipinski definition) is 5. The Morgan fingerprint density at radius 3 is 2.24 bits per heavy atom. The van der Waals surface area contributed by atoms with Gasteiger partial charge >= 0.3 is 0 Å². The molecule has 0 spiro atoms. The Morgan fingerprint density at radius 1 is 0.909 bits per heavy atom. The molecule has 1 saturated heterocycles. The number of carbonyl (C=O) groups excluding carboxylic acids is 3. The molecule has 0 radical (unpaired) electrons. The highest BCUT2D eigenvalue weighted by atomic mass is 16.5. The summed E-state index contributed by atoms with van der Waals surface area (Å²) >= 11 is 0. The van der Waals surface area contributed by atoms with Gasteiger partial charge in [0.25, 0.3) is 0 Å². The quantitative estimate of drug-likeness (QED) is 0.637.